The number of nitrogens with one attached hydrogen (secondary N) is 1. The molecule has 1 amide bonds. The number of benzene rings is 2. The molecule has 3 heterocycles. The molecule has 10 heteroatoms. The molecule has 2 aromatic carbocycles. The molecule has 0 spiro atoms. The van der Waals surface area contributed by atoms with Crippen molar-refractivity contribution in [2.45, 2.75) is 20.8 Å². The Bertz CT molecular complexity index is 1920. The second kappa shape index (κ2) is 10.8. The normalized spacial score (nSPS) is 10.8. The minimum absolute atomic E-state index is 0.254. The Morgan fingerprint density at radius 1 is 1.17 bits per heavy atom. The summed E-state index contributed by atoms with van der Waals surface area (Å²) in [6.45, 7) is 9.10. The zero-order valence-electron chi connectivity index (χ0n) is 22.9. The molecule has 0 radical (unpaired) electrons. The van der Waals surface area contributed by atoms with E-state index in [0.717, 1.165) is 28.1 Å². The van der Waals surface area contributed by atoms with Crippen LogP contribution in [-0.4, -0.2) is 25.4 Å². The van der Waals surface area contributed by atoms with Crippen LogP contribution in [0.2, 0.25) is 5.02 Å². The SMILES string of the molecule is C=C(C)C(=O)Nc1ccc(-c2c(-c3ccc(Oc4nccc(C)n4)c(C)c3)c3c(N)ncc(C#N)c3n2C)c(Cl)c1. The first kappa shape index (κ1) is 27.4. The minimum atomic E-state index is -0.300. The van der Waals surface area contributed by atoms with Gasteiger partial charge in [-0.15, -0.1) is 0 Å². The van der Waals surface area contributed by atoms with Crippen molar-refractivity contribution in [2.24, 2.45) is 7.05 Å². The standard InChI is InChI=1S/C31H26ClN7O2/c1-16(2)30(40)38-21-7-8-22(23(32)13-21)28-25(26-27(39(28)5)20(14-33)15-36-29(26)34)19-6-9-24(17(3)12-19)41-31-35-11-10-18(4)37-31/h6-13,15H,1H2,2-5H3,(H2,34,36)(H,38,40). The number of fused-ring (bicyclic) bond motifs is 1. The number of halogens is 1. The molecular formula is C31H26ClN7O2. The number of ether oxygens (including phenoxy) is 1. The van der Waals surface area contributed by atoms with E-state index < -0.39 is 0 Å². The first-order valence-electron chi connectivity index (χ1n) is 12.6. The number of aromatic nitrogens is 4. The predicted octanol–water partition coefficient (Wildman–Crippen LogP) is 6.73. The summed E-state index contributed by atoms with van der Waals surface area (Å²) in [6.07, 6.45) is 3.11. The summed E-state index contributed by atoms with van der Waals surface area (Å²) in [5.41, 5.74) is 13.0. The smallest absolute Gasteiger partial charge is 0.322 e. The summed E-state index contributed by atoms with van der Waals surface area (Å²) in [5, 5.41) is 13.7. The van der Waals surface area contributed by atoms with Gasteiger partial charge in [0.25, 0.3) is 5.91 Å². The number of nitrogens with zero attached hydrogens (tertiary/aromatic N) is 5. The highest BCUT2D eigenvalue weighted by atomic mass is 35.5. The lowest BCUT2D eigenvalue weighted by Gasteiger charge is -2.14. The number of carbonyl (C=O) groups excluding carboxylic acids is 1. The summed E-state index contributed by atoms with van der Waals surface area (Å²) >= 11 is 6.83. The van der Waals surface area contributed by atoms with Crippen molar-refractivity contribution in [2.75, 3.05) is 11.1 Å². The minimum Gasteiger partial charge on any atom is -0.424 e. The van der Waals surface area contributed by atoms with E-state index in [1.165, 1.54) is 6.20 Å². The number of nitrogen functional groups attached to an aromatic ring is 1. The van der Waals surface area contributed by atoms with Crippen molar-refractivity contribution >= 4 is 39.9 Å². The van der Waals surface area contributed by atoms with E-state index in [2.05, 4.69) is 32.9 Å². The molecule has 0 aliphatic rings. The molecule has 0 aliphatic carbocycles. The van der Waals surface area contributed by atoms with E-state index in [1.807, 2.05) is 49.7 Å². The van der Waals surface area contributed by atoms with E-state index in [0.29, 0.717) is 44.1 Å². The summed E-state index contributed by atoms with van der Waals surface area (Å²) in [4.78, 5) is 25.0. The molecule has 41 heavy (non-hydrogen) atoms. The number of rotatable bonds is 6. The van der Waals surface area contributed by atoms with E-state index >= 15 is 0 Å². The van der Waals surface area contributed by atoms with Crippen LogP contribution in [0, 0.1) is 25.2 Å². The van der Waals surface area contributed by atoms with Gasteiger partial charge in [-0.1, -0.05) is 24.2 Å². The number of hydrogen-bond donors (Lipinski definition) is 2. The van der Waals surface area contributed by atoms with E-state index in [1.54, 1.807) is 31.3 Å². The van der Waals surface area contributed by atoms with Crippen LogP contribution in [-0.2, 0) is 11.8 Å². The lowest BCUT2D eigenvalue weighted by molar-refractivity contribution is -0.112. The molecule has 9 nitrogen and oxygen atoms in total. The van der Waals surface area contributed by atoms with Gasteiger partial charge >= 0.3 is 6.01 Å². The van der Waals surface area contributed by atoms with Crippen LogP contribution in [0.25, 0.3) is 33.3 Å². The van der Waals surface area contributed by atoms with Crippen molar-refractivity contribution < 1.29 is 9.53 Å². The third-order valence-electron chi connectivity index (χ3n) is 6.67. The summed E-state index contributed by atoms with van der Waals surface area (Å²) < 4.78 is 7.86. The van der Waals surface area contributed by atoms with E-state index in [9.17, 15) is 10.1 Å². The van der Waals surface area contributed by atoms with Crippen molar-refractivity contribution in [1.29, 1.82) is 5.26 Å². The zero-order chi connectivity index (χ0) is 29.4. The van der Waals surface area contributed by atoms with Crippen LogP contribution in [0.15, 0.2) is 67.0 Å². The van der Waals surface area contributed by atoms with Gasteiger partial charge in [0.2, 0.25) is 0 Å². The van der Waals surface area contributed by atoms with Gasteiger partial charge in [-0.05, 0) is 68.3 Å². The Hall–Kier alpha value is -5.20. The molecule has 3 aromatic heterocycles. The van der Waals surface area contributed by atoms with Gasteiger partial charge in [0.05, 0.1) is 27.2 Å². The molecule has 5 rings (SSSR count). The predicted molar refractivity (Wildman–Crippen MR) is 161 cm³/mol. The van der Waals surface area contributed by atoms with Crippen molar-refractivity contribution in [1.82, 2.24) is 19.5 Å². The number of amides is 1. The number of carbonyl (C=O) groups is 1. The zero-order valence-corrected chi connectivity index (χ0v) is 23.7. The number of nitriles is 1. The Kier molecular flexibility index (Phi) is 7.18. The van der Waals surface area contributed by atoms with E-state index in [4.69, 9.17) is 22.1 Å². The lowest BCUT2D eigenvalue weighted by Crippen LogP contribution is -2.11. The number of anilines is 2. The van der Waals surface area contributed by atoms with Gasteiger partial charge in [-0.25, -0.2) is 15.0 Å². The molecule has 0 bridgehead atoms. The third kappa shape index (κ3) is 5.09. The van der Waals surface area contributed by atoms with Crippen LogP contribution < -0.4 is 15.8 Å². The molecule has 204 valence electrons. The highest BCUT2D eigenvalue weighted by Crippen LogP contribution is 2.46. The molecule has 5 aromatic rings. The van der Waals surface area contributed by atoms with Crippen molar-refractivity contribution in [3.05, 3.63) is 88.9 Å². The van der Waals surface area contributed by atoms with Gasteiger partial charge in [0.15, 0.2) is 0 Å². The van der Waals surface area contributed by atoms with Gasteiger partial charge in [0, 0.05) is 47.5 Å². The number of nitrogens with two attached hydrogens (primary N) is 1. The first-order chi connectivity index (χ1) is 19.6. The molecule has 0 saturated carbocycles. The topological polar surface area (TPSA) is 132 Å². The average molecular weight is 564 g/mol. The summed E-state index contributed by atoms with van der Waals surface area (Å²) in [6, 6.07) is 15.3. The average Bonchev–Trinajstić information content (AvgIpc) is 3.24. The highest BCUT2D eigenvalue weighted by Gasteiger charge is 2.25. The maximum atomic E-state index is 12.2. The van der Waals surface area contributed by atoms with Crippen LogP contribution in [0.3, 0.4) is 0 Å². The molecular weight excluding hydrogens is 538 g/mol. The Morgan fingerprint density at radius 3 is 2.61 bits per heavy atom. The van der Waals surface area contributed by atoms with Crippen LogP contribution in [0.5, 0.6) is 11.8 Å². The first-order valence-corrected chi connectivity index (χ1v) is 13.0. The monoisotopic (exact) mass is 563 g/mol. The second-order valence-electron chi connectivity index (χ2n) is 9.67. The van der Waals surface area contributed by atoms with Crippen LogP contribution >= 0.6 is 11.6 Å². The van der Waals surface area contributed by atoms with Crippen molar-refractivity contribution in [3.8, 4) is 40.2 Å². The fourth-order valence-corrected chi connectivity index (χ4v) is 4.97. The fraction of sp³-hybridized carbons (Fsp3) is 0.129. The Labute approximate surface area is 241 Å². The van der Waals surface area contributed by atoms with Crippen molar-refractivity contribution in [3.63, 3.8) is 0 Å². The summed E-state index contributed by atoms with van der Waals surface area (Å²) in [5.74, 6) is 0.578. The van der Waals surface area contributed by atoms with Crippen LogP contribution in [0.4, 0.5) is 11.5 Å². The van der Waals surface area contributed by atoms with E-state index in [-0.39, 0.29) is 17.7 Å². The quantitative estimate of drug-likeness (QED) is 0.219. The van der Waals surface area contributed by atoms with Gasteiger partial charge in [0.1, 0.15) is 17.6 Å². The maximum absolute atomic E-state index is 12.2. The number of pyridine rings is 1. The summed E-state index contributed by atoms with van der Waals surface area (Å²) in [7, 11) is 1.86. The largest absolute Gasteiger partial charge is 0.424 e. The fourth-order valence-electron chi connectivity index (χ4n) is 4.70. The number of aryl methyl sites for hydroxylation is 3. The molecule has 0 saturated heterocycles. The molecule has 0 unspecified atom stereocenters. The number of hydrogen-bond acceptors (Lipinski definition) is 7. The Morgan fingerprint density at radius 2 is 1.95 bits per heavy atom. The van der Waals surface area contributed by atoms with Gasteiger partial charge in [-0.2, -0.15) is 5.26 Å². The molecule has 0 fully saturated rings. The molecule has 3 N–H and O–H groups in total. The van der Waals surface area contributed by atoms with Gasteiger partial charge < -0.3 is 20.4 Å². The molecule has 0 aliphatic heterocycles. The Balaban J connectivity index is 1.71. The lowest BCUT2D eigenvalue weighted by atomic mass is 9.96. The molecule has 0 atom stereocenters. The second-order valence-corrected chi connectivity index (χ2v) is 10.1. The maximum Gasteiger partial charge on any atom is 0.322 e. The van der Waals surface area contributed by atoms with Gasteiger partial charge in [-0.3, -0.25) is 4.79 Å². The van der Waals surface area contributed by atoms with Crippen LogP contribution in [0.1, 0.15) is 23.7 Å². The third-order valence-corrected chi connectivity index (χ3v) is 6.98. The highest BCUT2D eigenvalue weighted by molar-refractivity contribution is 6.34.